The van der Waals surface area contributed by atoms with E-state index in [2.05, 4.69) is 0 Å². The van der Waals surface area contributed by atoms with E-state index >= 15 is 0 Å². The lowest BCUT2D eigenvalue weighted by atomic mass is 9.84. The van der Waals surface area contributed by atoms with Gasteiger partial charge in [0.25, 0.3) is 0 Å². The molecule has 1 amide bonds. The zero-order chi connectivity index (χ0) is 14.9. The third-order valence-electron chi connectivity index (χ3n) is 3.65. The van der Waals surface area contributed by atoms with Crippen molar-refractivity contribution in [2.24, 2.45) is 5.92 Å². The van der Waals surface area contributed by atoms with Gasteiger partial charge in [-0.25, -0.2) is 0 Å². The molecular formula is C14H15Cl2NO3. The van der Waals surface area contributed by atoms with E-state index in [1.165, 1.54) is 0 Å². The van der Waals surface area contributed by atoms with Crippen molar-refractivity contribution >= 4 is 35.1 Å². The van der Waals surface area contributed by atoms with Gasteiger partial charge in [0.1, 0.15) is 0 Å². The first-order valence-corrected chi connectivity index (χ1v) is 7.18. The van der Waals surface area contributed by atoms with Gasteiger partial charge in [0.15, 0.2) is 0 Å². The quantitative estimate of drug-likeness (QED) is 0.930. The van der Waals surface area contributed by atoms with Crippen LogP contribution in [0, 0.1) is 5.92 Å². The maximum absolute atomic E-state index is 12.0. The maximum atomic E-state index is 12.0. The molecule has 0 aromatic heterocycles. The van der Waals surface area contributed by atoms with Crippen molar-refractivity contribution in [2.75, 3.05) is 6.54 Å². The minimum Gasteiger partial charge on any atom is -0.481 e. The lowest BCUT2D eigenvalue weighted by molar-refractivity contribution is -0.151. The largest absolute Gasteiger partial charge is 0.481 e. The third-order valence-corrected chi connectivity index (χ3v) is 4.39. The van der Waals surface area contributed by atoms with Crippen LogP contribution in [0.3, 0.4) is 0 Å². The summed E-state index contributed by atoms with van der Waals surface area (Å²) in [4.78, 5) is 25.1. The predicted molar refractivity (Wildman–Crippen MR) is 76.9 cm³/mol. The fraction of sp³-hybridized carbons (Fsp3) is 0.429. The molecule has 1 saturated heterocycles. The predicted octanol–water partition coefficient (Wildman–Crippen LogP) is 3.38. The Labute approximate surface area is 127 Å². The van der Waals surface area contributed by atoms with E-state index in [0.29, 0.717) is 28.6 Å². The van der Waals surface area contributed by atoms with Gasteiger partial charge in [-0.05, 0) is 31.0 Å². The zero-order valence-electron chi connectivity index (χ0n) is 11.0. The van der Waals surface area contributed by atoms with Crippen LogP contribution in [0.25, 0.3) is 0 Å². The van der Waals surface area contributed by atoms with Crippen molar-refractivity contribution in [3.05, 3.63) is 33.8 Å². The normalized spacial score (nSPS) is 22.9. The van der Waals surface area contributed by atoms with Gasteiger partial charge >= 0.3 is 5.97 Å². The van der Waals surface area contributed by atoms with Crippen LogP contribution in [0.2, 0.25) is 10.0 Å². The average Bonchev–Trinajstić information content (AvgIpc) is 2.41. The monoisotopic (exact) mass is 315 g/mol. The second kappa shape index (κ2) is 6.02. The summed E-state index contributed by atoms with van der Waals surface area (Å²) in [6.07, 6.45) is 0.609. The van der Waals surface area contributed by atoms with E-state index in [-0.39, 0.29) is 12.3 Å². The van der Waals surface area contributed by atoms with Crippen LogP contribution in [-0.2, 0) is 9.59 Å². The third kappa shape index (κ3) is 2.76. The van der Waals surface area contributed by atoms with Gasteiger partial charge in [0.05, 0.1) is 22.0 Å². The van der Waals surface area contributed by atoms with Crippen molar-refractivity contribution in [2.45, 2.75) is 25.8 Å². The Morgan fingerprint density at radius 1 is 1.40 bits per heavy atom. The summed E-state index contributed by atoms with van der Waals surface area (Å²) in [6.45, 7) is 2.31. The summed E-state index contributed by atoms with van der Waals surface area (Å²) in [5.41, 5.74) is 0.710. The fourth-order valence-corrected chi connectivity index (χ4v) is 3.00. The second-order valence-corrected chi connectivity index (χ2v) is 5.60. The van der Waals surface area contributed by atoms with E-state index < -0.39 is 17.9 Å². The number of rotatable bonds is 3. The first-order chi connectivity index (χ1) is 9.45. The van der Waals surface area contributed by atoms with Crippen molar-refractivity contribution in [3.63, 3.8) is 0 Å². The van der Waals surface area contributed by atoms with Gasteiger partial charge < -0.3 is 10.0 Å². The summed E-state index contributed by atoms with van der Waals surface area (Å²) >= 11 is 11.9. The SMILES string of the molecule is CCN1C(=O)CCC(C(=O)O)C1c1ccc(Cl)c(Cl)c1. The summed E-state index contributed by atoms with van der Waals surface area (Å²) in [7, 11) is 0. The standard InChI is InChI=1S/C14H15Cl2NO3/c1-2-17-12(18)6-4-9(14(19)20)13(17)8-3-5-10(15)11(16)7-8/h3,5,7,9,13H,2,4,6H2,1H3,(H,19,20). The minimum absolute atomic E-state index is 0.0268. The molecule has 1 aromatic rings. The molecule has 1 aliphatic rings. The van der Waals surface area contributed by atoms with Crippen LogP contribution >= 0.6 is 23.2 Å². The molecule has 6 heteroatoms. The Kier molecular flexibility index (Phi) is 4.55. The van der Waals surface area contributed by atoms with Crippen molar-refractivity contribution in [1.29, 1.82) is 0 Å². The Morgan fingerprint density at radius 2 is 2.10 bits per heavy atom. The number of piperidine rings is 1. The molecule has 0 radical (unpaired) electrons. The van der Waals surface area contributed by atoms with Gasteiger partial charge in [-0.1, -0.05) is 29.3 Å². The number of carbonyl (C=O) groups excluding carboxylic acids is 1. The van der Waals surface area contributed by atoms with E-state index in [4.69, 9.17) is 23.2 Å². The van der Waals surface area contributed by atoms with Gasteiger partial charge in [-0.15, -0.1) is 0 Å². The number of hydrogen-bond acceptors (Lipinski definition) is 2. The Bertz CT molecular complexity index is 545. The Morgan fingerprint density at radius 3 is 2.65 bits per heavy atom. The molecule has 0 bridgehead atoms. The van der Waals surface area contributed by atoms with Crippen LogP contribution in [0.1, 0.15) is 31.4 Å². The van der Waals surface area contributed by atoms with Crippen LogP contribution in [0.5, 0.6) is 0 Å². The molecule has 0 aliphatic carbocycles. The number of aliphatic carboxylic acids is 1. The lowest BCUT2D eigenvalue weighted by Crippen LogP contribution is -2.45. The van der Waals surface area contributed by atoms with Crippen LogP contribution in [0.4, 0.5) is 0 Å². The number of carboxylic acids is 1. The number of amides is 1. The highest BCUT2D eigenvalue weighted by Crippen LogP contribution is 2.38. The summed E-state index contributed by atoms with van der Waals surface area (Å²) in [5, 5.41) is 10.2. The highest BCUT2D eigenvalue weighted by Gasteiger charge is 2.40. The van der Waals surface area contributed by atoms with Gasteiger partial charge in [0, 0.05) is 13.0 Å². The number of halogens is 2. The highest BCUT2D eigenvalue weighted by molar-refractivity contribution is 6.42. The van der Waals surface area contributed by atoms with Gasteiger partial charge in [-0.2, -0.15) is 0 Å². The molecule has 1 aliphatic heterocycles. The fourth-order valence-electron chi connectivity index (χ4n) is 2.69. The van der Waals surface area contributed by atoms with Crippen LogP contribution < -0.4 is 0 Å². The molecule has 1 fully saturated rings. The smallest absolute Gasteiger partial charge is 0.308 e. The van der Waals surface area contributed by atoms with E-state index in [1.54, 1.807) is 23.1 Å². The molecule has 1 aromatic carbocycles. The molecular weight excluding hydrogens is 301 g/mol. The van der Waals surface area contributed by atoms with Gasteiger partial charge in [0.2, 0.25) is 5.91 Å². The highest BCUT2D eigenvalue weighted by atomic mass is 35.5. The first kappa shape index (κ1) is 15.1. The average molecular weight is 316 g/mol. The van der Waals surface area contributed by atoms with E-state index in [9.17, 15) is 14.7 Å². The van der Waals surface area contributed by atoms with Crippen LogP contribution in [0.15, 0.2) is 18.2 Å². The summed E-state index contributed by atoms with van der Waals surface area (Å²) in [6, 6.07) is 4.51. The Hall–Kier alpha value is -1.26. The Balaban J connectivity index is 2.46. The summed E-state index contributed by atoms with van der Waals surface area (Å²) < 4.78 is 0. The minimum atomic E-state index is -0.896. The molecule has 20 heavy (non-hydrogen) atoms. The van der Waals surface area contributed by atoms with Crippen molar-refractivity contribution in [1.82, 2.24) is 4.90 Å². The maximum Gasteiger partial charge on any atom is 0.308 e. The molecule has 4 nitrogen and oxygen atoms in total. The van der Waals surface area contributed by atoms with E-state index in [0.717, 1.165) is 0 Å². The molecule has 0 spiro atoms. The second-order valence-electron chi connectivity index (χ2n) is 4.78. The number of benzene rings is 1. The molecule has 1 heterocycles. The number of carboxylic acid groups (broad SMARTS) is 1. The molecule has 2 rings (SSSR count). The number of likely N-dealkylation sites (tertiary alicyclic amines) is 1. The van der Waals surface area contributed by atoms with Crippen molar-refractivity contribution in [3.8, 4) is 0 Å². The number of carbonyl (C=O) groups is 2. The molecule has 1 N–H and O–H groups in total. The van der Waals surface area contributed by atoms with Crippen LogP contribution in [-0.4, -0.2) is 28.4 Å². The number of nitrogens with zero attached hydrogens (tertiary/aromatic N) is 1. The topological polar surface area (TPSA) is 57.6 Å². The zero-order valence-corrected chi connectivity index (χ0v) is 12.5. The van der Waals surface area contributed by atoms with Crippen molar-refractivity contribution < 1.29 is 14.7 Å². The molecule has 2 unspecified atom stereocenters. The molecule has 0 saturated carbocycles. The van der Waals surface area contributed by atoms with Gasteiger partial charge in [-0.3, -0.25) is 9.59 Å². The van der Waals surface area contributed by atoms with E-state index in [1.807, 2.05) is 6.92 Å². The first-order valence-electron chi connectivity index (χ1n) is 6.43. The summed E-state index contributed by atoms with van der Waals surface area (Å²) in [5.74, 6) is -1.54. The molecule has 2 atom stereocenters. The lowest BCUT2D eigenvalue weighted by Gasteiger charge is -2.39. The molecule has 108 valence electrons. The number of hydrogen-bond donors (Lipinski definition) is 1.